The zero-order valence-corrected chi connectivity index (χ0v) is 14.7. The van der Waals surface area contributed by atoms with Crippen molar-refractivity contribution in [1.29, 1.82) is 0 Å². The molecular formula is C20H23FN2O3. The summed E-state index contributed by atoms with van der Waals surface area (Å²) >= 11 is 0. The Hall–Kier alpha value is -2.60. The molecule has 2 aromatic carbocycles. The van der Waals surface area contributed by atoms with Gasteiger partial charge in [0.25, 0.3) is 0 Å². The van der Waals surface area contributed by atoms with Crippen LogP contribution in [0.4, 0.5) is 10.1 Å². The predicted octanol–water partition coefficient (Wildman–Crippen LogP) is 4.08. The van der Waals surface area contributed by atoms with Crippen LogP contribution in [0.2, 0.25) is 0 Å². The minimum atomic E-state index is -0.561. The van der Waals surface area contributed by atoms with Gasteiger partial charge < -0.3 is 20.5 Å². The molecule has 0 aliphatic heterocycles. The van der Waals surface area contributed by atoms with Crippen LogP contribution in [0.25, 0.3) is 0 Å². The number of benzene rings is 2. The molecule has 1 aliphatic rings. The van der Waals surface area contributed by atoms with Gasteiger partial charge in [-0.25, -0.2) is 4.39 Å². The lowest BCUT2D eigenvalue weighted by Gasteiger charge is -2.25. The molecule has 0 heterocycles. The van der Waals surface area contributed by atoms with Crippen LogP contribution in [-0.4, -0.2) is 19.1 Å². The number of para-hydroxylation sites is 2. The molecule has 6 heteroatoms. The average Bonchev–Trinajstić information content (AvgIpc) is 2.64. The Kier molecular flexibility index (Phi) is 5.73. The van der Waals surface area contributed by atoms with E-state index in [1.54, 1.807) is 30.3 Å². The van der Waals surface area contributed by atoms with Crippen LogP contribution >= 0.6 is 0 Å². The second-order valence-corrected chi connectivity index (χ2v) is 6.51. The maximum absolute atomic E-state index is 14.4. The van der Waals surface area contributed by atoms with Gasteiger partial charge >= 0.3 is 0 Å². The molecule has 0 bridgehead atoms. The summed E-state index contributed by atoms with van der Waals surface area (Å²) in [5.74, 6) is 0.199. The van der Waals surface area contributed by atoms with E-state index in [1.807, 2.05) is 0 Å². The van der Waals surface area contributed by atoms with Crippen LogP contribution < -0.4 is 20.5 Å². The van der Waals surface area contributed by atoms with Crippen molar-refractivity contribution in [1.82, 2.24) is 0 Å². The Bertz CT molecular complexity index is 781. The van der Waals surface area contributed by atoms with Crippen LogP contribution in [0, 0.1) is 11.7 Å². The van der Waals surface area contributed by atoms with E-state index in [1.165, 1.54) is 19.2 Å². The molecule has 1 saturated carbocycles. The number of nitrogens with one attached hydrogen (secondary N) is 1. The highest BCUT2D eigenvalue weighted by atomic mass is 19.1. The summed E-state index contributed by atoms with van der Waals surface area (Å²) in [5.41, 5.74) is 6.33. The fourth-order valence-corrected chi connectivity index (χ4v) is 3.19. The number of rotatable bonds is 5. The Balaban J connectivity index is 1.68. The van der Waals surface area contributed by atoms with E-state index in [-0.39, 0.29) is 23.6 Å². The van der Waals surface area contributed by atoms with Crippen molar-refractivity contribution in [3.8, 4) is 17.2 Å². The lowest BCUT2D eigenvalue weighted by molar-refractivity contribution is -0.120. The molecule has 1 aliphatic carbocycles. The number of carbonyl (C=O) groups excluding carboxylic acids is 1. The van der Waals surface area contributed by atoms with Crippen LogP contribution in [0.15, 0.2) is 42.5 Å². The molecule has 2 aromatic rings. The van der Waals surface area contributed by atoms with Crippen LogP contribution in [0.3, 0.4) is 0 Å². The Morgan fingerprint density at radius 2 is 1.92 bits per heavy atom. The third-order valence-corrected chi connectivity index (χ3v) is 4.57. The van der Waals surface area contributed by atoms with Gasteiger partial charge in [0.2, 0.25) is 5.91 Å². The summed E-state index contributed by atoms with van der Waals surface area (Å²) in [7, 11) is 1.52. The minimum absolute atomic E-state index is 0.0622. The molecule has 3 rings (SSSR count). The quantitative estimate of drug-likeness (QED) is 0.844. The molecule has 0 saturated heterocycles. The molecule has 1 fully saturated rings. The molecule has 3 N–H and O–H groups in total. The van der Waals surface area contributed by atoms with E-state index < -0.39 is 5.82 Å². The Morgan fingerprint density at radius 3 is 2.62 bits per heavy atom. The summed E-state index contributed by atoms with van der Waals surface area (Å²) in [6.07, 6.45) is 3.38. The largest absolute Gasteiger partial charge is 0.493 e. The molecule has 5 nitrogen and oxygen atoms in total. The SMILES string of the molecule is COc1ccccc1Oc1ccc(NC(=O)C2CCCC(N)C2)cc1F. The molecule has 26 heavy (non-hydrogen) atoms. The Morgan fingerprint density at radius 1 is 1.15 bits per heavy atom. The number of halogens is 1. The van der Waals surface area contributed by atoms with Crippen molar-refractivity contribution >= 4 is 11.6 Å². The number of hydrogen-bond donors (Lipinski definition) is 2. The first-order chi connectivity index (χ1) is 12.6. The molecule has 0 aromatic heterocycles. The van der Waals surface area contributed by atoms with Crippen LogP contribution in [0.5, 0.6) is 17.2 Å². The molecule has 0 spiro atoms. The molecular weight excluding hydrogens is 335 g/mol. The lowest BCUT2D eigenvalue weighted by atomic mass is 9.85. The predicted molar refractivity (Wildman–Crippen MR) is 98.0 cm³/mol. The molecule has 138 valence electrons. The first-order valence-electron chi connectivity index (χ1n) is 8.73. The van der Waals surface area contributed by atoms with Crippen molar-refractivity contribution in [2.45, 2.75) is 31.7 Å². The fraction of sp³-hybridized carbons (Fsp3) is 0.350. The number of hydrogen-bond acceptors (Lipinski definition) is 4. The van der Waals surface area contributed by atoms with Gasteiger partial charge in [0.1, 0.15) is 0 Å². The number of anilines is 1. The maximum atomic E-state index is 14.4. The number of nitrogens with two attached hydrogens (primary N) is 1. The van der Waals surface area contributed by atoms with Crippen molar-refractivity contribution < 1.29 is 18.7 Å². The first-order valence-corrected chi connectivity index (χ1v) is 8.73. The van der Waals surface area contributed by atoms with Gasteiger partial charge in [-0.15, -0.1) is 0 Å². The smallest absolute Gasteiger partial charge is 0.227 e. The minimum Gasteiger partial charge on any atom is -0.493 e. The van der Waals surface area contributed by atoms with E-state index in [0.717, 1.165) is 19.3 Å². The summed E-state index contributed by atoms with van der Waals surface area (Å²) in [6, 6.07) is 11.4. The molecule has 2 atom stereocenters. The van der Waals surface area contributed by atoms with Gasteiger partial charge in [0.15, 0.2) is 23.1 Å². The monoisotopic (exact) mass is 358 g/mol. The van der Waals surface area contributed by atoms with Gasteiger partial charge in [-0.1, -0.05) is 18.6 Å². The van der Waals surface area contributed by atoms with E-state index in [0.29, 0.717) is 23.6 Å². The van der Waals surface area contributed by atoms with Gasteiger partial charge in [-0.05, 0) is 43.5 Å². The second kappa shape index (κ2) is 8.19. The van der Waals surface area contributed by atoms with Gasteiger partial charge in [-0.2, -0.15) is 0 Å². The zero-order valence-electron chi connectivity index (χ0n) is 14.7. The third kappa shape index (κ3) is 4.32. The van der Waals surface area contributed by atoms with Gasteiger partial charge in [0, 0.05) is 23.7 Å². The molecule has 2 unspecified atom stereocenters. The van der Waals surface area contributed by atoms with E-state index in [4.69, 9.17) is 15.2 Å². The number of ether oxygens (including phenoxy) is 2. The van der Waals surface area contributed by atoms with Crippen molar-refractivity contribution in [2.24, 2.45) is 11.7 Å². The van der Waals surface area contributed by atoms with E-state index in [2.05, 4.69) is 5.32 Å². The highest BCUT2D eigenvalue weighted by Crippen LogP contribution is 2.33. The lowest BCUT2D eigenvalue weighted by Crippen LogP contribution is -2.34. The Labute approximate surface area is 152 Å². The molecule has 1 amide bonds. The molecule has 0 radical (unpaired) electrons. The topological polar surface area (TPSA) is 73.6 Å². The van der Waals surface area contributed by atoms with Gasteiger partial charge in [0.05, 0.1) is 7.11 Å². The van der Waals surface area contributed by atoms with Gasteiger partial charge in [-0.3, -0.25) is 4.79 Å². The average molecular weight is 358 g/mol. The van der Waals surface area contributed by atoms with Crippen LogP contribution in [0.1, 0.15) is 25.7 Å². The van der Waals surface area contributed by atoms with E-state index >= 15 is 0 Å². The van der Waals surface area contributed by atoms with Crippen LogP contribution in [-0.2, 0) is 4.79 Å². The van der Waals surface area contributed by atoms with E-state index in [9.17, 15) is 9.18 Å². The summed E-state index contributed by atoms with van der Waals surface area (Å²) < 4.78 is 25.2. The maximum Gasteiger partial charge on any atom is 0.227 e. The highest BCUT2D eigenvalue weighted by molar-refractivity contribution is 5.92. The highest BCUT2D eigenvalue weighted by Gasteiger charge is 2.25. The van der Waals surface area contributed by atoms with Crippen molar-refractivity contribution in [3.05, 3.63) is 48.3 Å². The number of amides is 1. The third-order valence-electron chi connectivity index (χ3n) is 4.57. The standard InChI is InChI=1S/C20H23FN2O3/c1-25-18-7-2-3-8-19(18)26-17-10-9-15(12-16(17)21)23-20(24)13-5-4-6-14(22)11-13/h2-3,7-10,12-14H,4-6,11,22H2,1H3,(H,23,24). The first kappa shape index (κ1) is 18.2. The normalized spacial score (nSPS) is 19.7. The van der Waals surface area contributed by atoms with Crippen molar-refractivity contribution in [3.63, 3.8) is 0 Å². The zero-order chi connectivity index (χ0) is 18.5. The fourth-order valence-electron chi connectivity index (χ4n) is 3.19. The number of carbonyl (C=O) groups is 1. The second-order valence-electron chi connectivity index (χ2n) is 6.51. The summed E-state index contributed by atoms with van der Waals surface area (Å²) in [6.45, 7) is 0. The number of methoxy groups -OCH3 is 1. The summed E-state index contributed by atoms with van der Waals surface area (Å²) in [4.78, 5) is 12.3. The van der Waals surface area contributed by atoms with Crippen molar-refractivity contribution in [2.75, 3.05) is 12.4 Å². The summed E-state index contributed by atoms with van der Waals surface area (Å²) in [5, 5.41) is 2.77.